The van der Waals surface area contributed by atoms with Gasteiger partial charge in [0.1, 0.15) is 0 Å². The Morgan fingerprint density at radius 1 is 1.16 bits per heavy atom. The molecule has 4 heteroatoms. The van der Waals surface area contributed by atoms with Gasteiger partial charge in [-0.1, -0.05) is 54.6 Å². The van der Waals surface area contributed by atoms with Gasteiger partial charge in [0.2, 0.25) is 0 Å². The zero-order chi connectivity index (χ0) is 17.5. The Hall–Kier alpha value is -2.33. The molecule has 132 valence electrons. The molecular formula is C21H26N2O2. The molecule has 1 N–H and O–H groups in total. The first-order chi connectivity index (χ1) is 12.2. The van der Waals surface area contributed by atoms with Gasteiger partial charge in [-0.15, -0.1) is 0 Å². The predicted octanol–water partition coefficient (Wildman–Crippen LogP) is 3.57. The Bertz CT molecular complexity index is 681. The number of ether oxygens (including phenoxy) is 1. The first kappa shape index (κ1) is 17.5. The van der Waals surface area contributed by atoms with Crippen molar-refractivity contribution >= 4 is 6.03 Å². The summed E-state index contributed by atoms with van der Waals surface area (Å²) in [6, 6.07) is 18.8. The van der Waals surface area contributed by atoms with Crippen molar-refractivity contribution in [3.8, 4) is 11.1 Å². The molecule has 0 unspecified atom stereocenters. The highest BCUT2D eigenvalue weighted by Gasteiger charge is 2.19. The molecule has 1 saturated heterocycles. The summed E-state index contributed by atoms with van der Waals surface area (Å²) in [5.41, 5.74) is 3.66. The van der Waals surface area contributed by atoms with Crippen LogP contribution in [0.4, 0.5) is 4.79 Å². The summed E-state index contributed by atoms with van der Waals surface area (Å²) in [4.78, 5) is 13.9. The summed E-state index contributed by atoms with van der Waals surface area (Å²) in [6.45, 7) is 2.99. The van der Waals surface area contributed by atoms with Crippen LogP contribution in [0.2, 0.25) is 0 Å². The third-order valence-electron chi connectivity index (χ3n) is 4.63. The number of urea groups is 1. The molecule has 0 spiro atoms. The van der Waals surface area contributed by atoms with E-state index in [0.29, 0.717) is 12.5 Å². The van der Waals surface area contributed by atoms with Crippen LogP contribution in [-0.4, -0.2) is 44.3 Å². The number of hydrogen-bond acceptors (Lipinski definition) is 2. The SMILES string of the molecule is CN(C[C@H]1CCOC1)C(=O)NCCc1cccc(-c2ccccc2)c1. The fraction of sp³-hybridized carbons (Fsp3) is 0.381. The fourth-order valence-electron chi connectivity index (χ4n) is 3.18. The molecule has 1 fully saturated rings. The van der Waals surface area contributed by atoms with E-state index < -0.39 is 0 Å². The molecule has 2 aromatic carbocycles. The molecule has 2 amide bonds. The molecular weight excluding hydrogens is 312 g/mol. The summed E-state index contributed by atoms with van der Waals surface area (Å²) in [7, 11) is 1.85. The van der Waals surface area contributed by atoms with E-state index in [0.717, 1.165) is 32.6 Å². The van der Waals surface area contributed by atoms with Gasteiger partial charge in [0.15, 0.2) is 0 Å². The Balaban J connectivity index is 1.47. The maximum Gasteiger partial charge on any atom is 0.317 e. The van der Waals surface area contributed by atoms with Crippen LogP contribution in [0.25, 0.3) is 11.1 Å². The number of benzene rings is 2. The quantitative estimate of drug-likeness (QED) is 0.875. The first-order valence-corrected chi connectivity index (χ1v) is 8.93. The van der Waals surface area contributed by atoms with Crippen LogP contribution in [0.3, 0.4) is 0 Å². The van der Waals surface area contributed by atoms with Crippen LogP contribution >= 0.6 is 0 Å². The van der Waals surface area contributed by atoms with Crippen molar-refractivity contribution in [3.05, 3.63) is 60.2 Å². The lowest BCUT2D eigenvalue weighted by Gasteiger charge is -2.20. The second-order valence-electron chi connectivity index (χ2n) is 6.66. The molecule has 0 saturated carbocycles. The Kier molecular flexibility index (Phi) is 6.07. The molecule has 1 heterocycles. The maximum atomic E-state index is 12.2. The average Bonchev–Trinajstić information content (AvgIpc) is 3.15. The van der Waals surface area contributed by atoms with Crippen LogP contribution in [-0.2, 0) is 11.2 Å². The zero-order valence-electron chi connectivity index (χ0n) is 14.8. The van der Waals surface area contributed by atoms with Crippen molar-refractivity contribution in [2.45, 2.75) is 12.8 Å². The highest BCUT2D eigenvalue weighted by Crippen LogP contribution is 2.20. The van der Waals surface area contributed by atoms with Gasteiger partial charge >= 0.3 is 6.03 Å². The molecule has 1 atom stereocenters. The van der Waals surface area contributed by atoms with Gasteiger partial charge < -0.3 is 15.0 Å². The van der Waals surface area contributed by atoms with Gasteiger partial charge in [0, 0.05) is 32.7 Å². The maximum absolute atomic E-state index is 12.2. The van der Waals surface area contributed by atoms with E-state index >= 15 is 0 Å². The van der Waals surface area contributed by atoms with E-state index in [1.807, 2.05) is 25.2 Å². The number of carbonyl (C=O) groups is 1. The molecule has 1 aliphatic rings. The van der Waals surface area contributed by atoms with Gasteiger partial charge in [-0.2, -0.15) is 0 Å². The number of hydrogen-bond donors (Lipinski definition) is 1. The first-order valence-electron chi connectivity index (χ1n) is 8.93. The van der Waals surface area contributed by atoms with Crippen molar-refractivity contribution in [1.29, 1.82) is 0 Å². The number of nitrogens with zero attached hydrogens (tertiary/aromatic N) is 1. The monoisotopic (exact) mass is 338 g/mol. The topological polar surface area (TPSA) is 41.6 Å². The van der Waals surface area contributed by atoms with Gasteiger partial charge in [-0.3, -0.25) is 0 Å². The van der Waals surface area contributed by atoms with Crippen LogP contribution in [0, 0.1) is 5.92 Å². The largest absolute Gasteiger partial charge is 0.381 e. The minimum Gasteiger partial charge on any atom is -0.381 e. The number of nitrogens with one attached hydrogen (secondary N) is 1. The van der Waals surface area contributed by atoms with Crippen LogP contribution < -0.4 is 5.32 Å². The minimum absolute atomic E-state index is 0.00823. The summed E-state index contributed by atoms with van der Waals surface area (Å²) >= 11 is 0. The van der Waals surface area contributed by atoms with E-state index in [-0.39, 0.29) is 6.03 Å². The Morgan fingerprint density at radius 3 is 2.72 bits per heavy atom. The molecule has 4 nitrogen and oxygen atoms in total. The Labute approximate surface area is 149 Å². The lowest BCUT2D eigenvalue weighted by molar-refractivity contribution is 0.171. The summed E-state index contributed by atoms with van der Waals surface area (Å²) < 4.78 is 5.37. The van der Waals surface area contributed by atoms with Crippen molar-refractivity contribution in [2.75, 3.05) is 33.4 Å². The van der Waals surface area contributed by atoms with Crippen molar-refractivity contribution in [1.82, 2.24) is 10.2 Å². The molecule has 0 radical (unpaired) electrons. The van der Waals surface area contributed by atoms with Crippen molar-refractivity contribution in [2.24, 2.45) is 5.92 Å². The molecule has 0 aliphatic carbocycles. The van der Waals surface area contributed by atoms with E-state index in [4.69, 9.17) is 4.74 Å². The summed E-state index contributed by atoms with van der Waals surface area (Å²) in [5, 5.41) is 3.01. The number of amides is 2. The standard InChI is InChI=1S/C21H26N2O2/c1-23(15-18-11-13-25-16-18)21(24)22-12-10-17-6-5-9-20(14-17)19-7-3-2-4-8-19/h2-9,14,18H,10-13,15-16H2,1H3,(H,22,24)/t18-/m1/s1. The van der Waals surface area contributed by atoms with Crippen LogP contribution in [0.1, 0.15) is 12.0 Å². The highest BCUT2D eigenvalue weighted by atomic mass is 16.5. The highest BCUT2D eigenvalue weighted by molar-refractivity contribution is 5.73. The van der Waals surface area contributed by atoms with E-state index in [2.05, 4.69) is 41.7 Å². The molecule has 1 aliphatic heterocycles. The molecule has 0 aromatic heterocycles. The lowest BCUT2D eigenvalue weighted by Crippen LogP contribution is -2.40. The van der Waals surface area contributed by atoms with Gasteiger partial charge in [-0.25, -0.2) is 4.79 Å². The van der Waals surface area contributed by atoms with Gasteiger partial charge in [0.25, 0.3) is 0 Å². The average molecular weight is 338 g/mol. The Morgan fingerprint density at radius 2 is 1.96 bits per heavy atom. The van der Waals surface area contributed by atoms with Crippen LogP contribution in [0.15, 0.2) is 54.6 Å². The fourth-order valence-corrected chi connectivity index (χ4v) is 3.18. The van der Waals surface area contributed by atoms with E-state index in [1.165, 1.54) is 16.7 Å². The van der Waals surface area contributed by atoms with Gasteiger partial charge in [0.05, 0.1) is 6.61 Å². The smallest absolute Gasteiger partial charge is 0.317 e. The molecule has 25 heavy (non-hydrogen) atoms. The van der Waals surface area contributed by atoms with Crippen LogP contribution in [0.5, 0.6) is 0 Å². The molecule has 0 bridgehead atoms. The number of carbonyl (C=O) groups excluding carboxylic acids is 1. The minimum atomic E-state index is -0.00823. The van der Waals surface area contributed by atoms with Crippen molar-refractivity contribution < 1.29 is 9.53 Å². The number of rotatable bonds is 6. The normalized spacial score (nSPS) is 16.6. The summed E-state index contributed by atoms with van der Waals surface area (Å²) in [5.74, 6) is 0.471. The predicted molar refractivity (Wildman–Crippen MR) is 101 cm³/mol. The van der Waals surface area contributed by atoms with E-state index in [9.17, 15) is 4.79 Å². The zero-order valence-corrected chi connectivity index (χ0v) is 14.8. The summed E-state index contributed by atoms with van der Waals surface area (Å²) in [6.07, 6.45) is 1.87. The third-order valence-corrected chi connectivity index (χ3v) is 4.63. The molecule has 2 aromatic rings. The second-order valence-corrected chi connectivity index (χ2v) is 6.66. The third kappa shape index (κ3) is 5.07. The van der Waals surface area contributed by atoms with Crippen molar-refractivity contribution in [3.63, 3.8) is 0 Å². The molecule has 3 rings (SSSR count). The lowest BCUT2D eigenvalue weighted by atomic mass is 10.0. The second kappa shape index (κ2) is 8.67. The van der Waals surface area contributed by atoms with Gasteiger partial charge in [-0.05, 0) is 29.5 Å². The van der Waals surface area contributed by atoms with E-state index in [1.54, 1.807) is 4.90 Å².